The summed E-state index contributed by atoms with van der Waals surface area (Å²) in [6.07, 6.45) is 0. The highest BCUT2D eigenvalue weighted by molar-refractivity contribution is 6.33. The Morgan fingerprint density at radius 2 is 1.86 bits per heavy atom. The summed E-state index contributed by atoms with van der Waals surface area (Å²) in [4.78, 5) is 11.8. The van der Waals surface area contributed by atoms with E-state index >= 15 is 0 Å². The van der Waals surface area contributed by atoms with Gasteiger partial charge in [-0.05, 0) is 48.9 Å². The van der Waals surface area contributed by atoms with Gasteiger partial charge in [0.05, 0.1) is 17.3 Å². The molecule has 0 saturated heterocycles. The van der Waals surface area contributed by atoms with Gasteiger partial charge in [0.2, 0.25) is 0 Å². The van der Waals surface area contributed by atoms with Gasteiger partial charge in [0, 0.05) is 5.02 Å². The number of benzene rings is 2. The summed E-state index contributed by atoms with van der Waals surface area (Å²) >= 11 is 11.8. The molecule has 0 radical (unpaired) electrons. The van der Waals surface area contributed by atoms with Crippen LogP contribution in [0.25, 0.3) is 0 Å². The van der Waals surface area contributed by atoms with E-state index in [0.717, 1.165) is 5.56 Å². The number of hydrogen-bond acceptors (Lipinski definition) is 2. The maximum Gasteiger partial charge on any atom is 0.319 e. The monoisotopic (exact) mass is 338 g/mol. The van der Waals surface area contributed by atoms with E-state index in [-0.39, 0.29) is 6.03 Å². The first-order valence-electron chi connectivity index (χ1n) is 6.74. The minimum atomic E-state index is -0.328. The van der Waals surface area contributed by atoms with Crippen molar-refractivity contribution in [1.82, 2.24) is 5.32 Å². The Balaban J connectivity index is 1.72. The molecule has 2 amide bonds. The molecule has 0 unspecified atom stereocenters. The summed E-state index contributed by atoms with van der Waals surface area (Å²) in [6.45, 7) is 2.67. The molecule has 116 valence electrons. The van der Waals surface area contributed by atoms with Gasteiger partial charge in [-0.3, -0.25) is 0 Å². The summed E-state index contributed by atoms with van der Waals surface area (Å²) < 4.78 is 5.47. The maximum absolute atomic E-state index is 11.8. The Bertz CT molecular complexity index is 645. The van der Waals surface area contributed by atoms with Gasteiger partial charge in [0.1, 0.15) is 12.4 Å². The van der Waals surface area contributed by atoms with Gasteiger partial charge in [-0.2, -0.15) is 0 Å². The highest BCUT2D eigenvalue weighted by Crippen LogP contribution is 2.22. The van der Waals surface area contributed by atoms with Crippen LogP contribution in [0.4, 0.5) is 10.5 Å². The van der Waals surface area contributed by atoms with Crippen LogP contribution in [0.1, 0.15) is 5.56 Å². The molecule has 2 rings (SSSR count). The summed E-state index contributed by atoms with van der Waals surface area (Å²) in [5.41, 5.74) is 1.61. The number of ether oxygens (including phenoxy) is 1. The predicted molar refractivity (Wildman–Crippen MR) is 90.2 cm³/mol. The van der Waals surface area contributed by atoms with Crippen LogP contribution in [0.2, 0.25) is 10.0 Å². The zero-order chi connectivity index (χ0) is 15.9. The van der Waals surface area contributed by atoms with Gasteiger partial charge in [0.25, 0.3) is 0 Å². The van der Waals surface area contributed by atoms with E-state index in [1.54, 1.807) is 36.4 Å². The Morgan fingerprint density at radius 3 is 2.55 bits per heavy atom. The number of aryl methyl sites for hydroxylation is 1. The summed E-state index contributed by atoms with van der Waals surface area (Å²) in [7, 11) is 0. The van der Waals surface area contributed by atoms with Crippen molar-refractivity contribution in [3.8, 4) is 5.75 Å². The van der Waals surface area contributed by atoms with Crippen molar-refractivity contribution in [1.29, 1.82) is 0 Å². The molecule has 0 aromatic heterocycles. The van der Waals surface area contributed by atoms with E-state index in [1.807, 2.05) is 13.0 Å². The number of rotatable bonds is 5. The van der Waals surface area contributed by atoms with Gasteiger partial charge in [-0.1, -0.05) is 29.3 Å². The molecular formula is C16H16Cl2N2O2. The molecule has 0 aliphatic heterocycles. The second-order valence-corrected chi connectivity index (χ2v) is 5.51. The number of urea groups is 1. The third-order valence-corrected chi connectivity index (χ3v) is 3.41. The molecule has 2 aromatic rings. The van der Waals surface area contributed by atoms with Gasteiger partial charge in [-0.25, -0.2) is 4.79 Å². The fourth-order valence-corrected chi connectivity index (χ4v) is 2.16. The molecule has 0 aliphatic rings. The first-order chi connectivity index (χ1) is 10.5. The first kappa shape index (κ1) is 16.5. The summed E-state index contributed by atoms with van der Waals surface area (Å²) in [5.74, 6) is 0.702. The normalized spacial score (nSPS) is 10.1. The fraction of sp³-hybridized carbons (Fsp3) is 0.188. The third kappa shape index (κ3) is 5.13. The van der Waals surface area contributed by atoms with Crippen LogP contribution in [-0.2, 0) is 0 Å². The lowest BCUT2D eigenvalue weighted by Gasteiger charge is -2.10. The van der Waals surface area contributed by atoms with Crippen LogP contribution in [-0.4, -0.2) is 19.2 Å². The van der Waals surface area contributed by atoms with E-state index in [1.165, 1.54) is 0 Å². The summed E-state index contributed by atoms with van der Waals surface area (Å²) in [6, 6.07) is 12.1. The first-order valence-corrected chi connectivity index (χ1v) is 7.49. The number of anilines is 1. The average Bonchev–Trinajstić information content (AvgIpc) is 2.48. The van der Waals surface area contributed by atoms with Crippen LogP contribution in [0.5, 0.6) is 5.75 Å². The minimum Gasteiger partial charge on any atom is -0.492 e. The molecule has 2 aromatic carbocycles. The Hall–Kier alpha value is -1.91. The molecule has 0 aliphatic carbocycles. The van der Waals surface area contributed by atoms with Gasteiger partial charge in [0.15, 0.2) is 0 Å². The maximum atomic E-state index is 11.8. The van der Waals surface area contributed by atoms with Crippen molar-refractivity contribution in [2.75, 3.05) is 18.5 Å². The van der Waals surface area contributed by atoms with Crippen molar-refractivity contribution < 1.29 is 9.53 Å². The minimum absolute atomic E-state index is 0.328. The van der Waals surface area contributed by atoms with Crippen LogP contribution in [0.15, 0.2) is 42.5 Å². The number of nitrogens with one attached hydrogen (secondary N) is 2. The SMILES string of the molecule is Cc1ccc(NC(=O)NCCOc2ccc(Cl)cc2)c(Cl)c1. The van der Waals surface area contributed by atoms with Gasteiger partial charge < -0.3 is 15.4 Å². The second-order valence-electron chi connectivity index (χ2n) is 4.67. The van der Waals surface area contributed by atoms with Crippen molar-refractivity contribution in [3.63, 3.8) is 0 Å². The van der Waals surface area contributed by atoms with E-state index in [4.69, 9.17) is 27.9 Å². The fourth-order valence-electron chi connectivity index (χ4n) is 1.75. The lowest BCUT2D eigenvalue weighted by Crippen LogP contribution is -2.32. The van der Waals surface area contributed by atoms with Crippen molar-refractivity contribution >= 4 is 34.9 Å². The quantitative estimate of drug-likeness (QED) is 0.788. The topological polar surface area (TPSA) is 50.4 Å². The van der Waals surface area contributed by atoms with Crippen molar-refractivity contribution in [2.24, 2.45) is 0 Å². The number of amides is 2. The molecule has 22 heavy (non-hydrogen) atoms. The van der Waals surface area contributed by atoms with Crippen molar-refractivity contribution in [2.45, 2.75) is 6.92 Å². The largest absolute Gasteiger partial charge is 0.492 e. The summed E-state index contributed by atoms with van der Waals surface area (Å²) in [5, 5.41) is 6.54. The van der Waals surface area contributed by atoms with Crippen molar-refractivity contribution in [3.05, 3.63) is 58.1 Å². The molecule has 0 heterocycles. The van der Waals surface area contributed by atoms with E-state index in [9.17, 15) is 4.79 Å². The van der Waals surface area contributed by atoms with Gasteiger partial charge in [-0.15, -0.1) is 0 Å². The molecule has 2 N–H and O–H groups in total. The molecule has 0 spiro atoms. The number of halogens is 2. The Morgan fingerprint density at radius 1 is 1.14 bits per heavy atom. The number of hydrogen-bond donors (Lipinski definition) is 2. The van der Waals surface area contributed by atoms with E-state index in [2.05, 4.69) is 10.6 Å². The molecule has 0 saturated carbocycles. The lowest BCUT2D eigenvalue weighted by atomic mass is 10.2. The van der Waals surface area contributed by atoms with E-state index in [0.29, 0.717) is 34.6 Å². The third-order valence-electron chi connectivity index (χ3n) is 2.84. The zero-order valence-electron chi connectivity index (χ0n) is 12.0. The number of carbonyl (C=O) groups excluding carboxylic acids is 1. The van der Waals surface area contributed by atoms with Crippen LogP contribution in [0.3, 0.4) is 0 Å². The van der Waals surface area contributed by atoms with Crippen LogP contribution in [0, 0.1) is 6.92 Å². The standard InChI is InChI=1S/C16H16Cl2N2O2/c1-11-2-7-15(14(18)10-11)20-16(21)19-8-9-22-13-5-3-12(17)4-6-13/h2-7,10H,8-9H2,1H3,(H2,19,20,21). The van der Waals surface area contributed by atoms with Gasteiger partial charge >= 0.3 is 6.03 Å². The highest BCUT2D eigenvalue weighted by Gasteiger charge is 2.05. The molecular weight excluding hydrogens is 323 g/mol. The smallest absolute Gasteiger partial charge is 0.319 e. The molecule has 6 heteroatoms. The second kappa shape index (κ2) is 7.92. The van der Waals surface area contributed by atoms with E-state index < -0.39 is 0 Å². The molecule has 0 atom stereocenters. The Labute approximate surface area is 139 Å². The lowest BCUT2D eigenvalue weighted by molar-refractivity contribution is 0.247. The zero-order valence-corrected chi connectivity index (χ0v) is 13.5. The van der Waals surface area contributed by atoms with Crippen LogP contribution >= 0.6 is 23.2 Å². The molecule has 4 nitrogen and oxygen atoms in total. The average molecular weight is 339 g/mol. The molecule has 0 fully saturated rings. The predicted octanol–water partition coefficient (Wildman–Crippen LogP) is 4.50. The highest BCUT2D eigenvalue weighted by atomic mass is 35.5. The molecule has 0 bridgehead atoms. The Kier molecular flexibility index (Phi) is 5.92. The van der Waals surface area contributed by atoms with Crippen LogP contribution < -0.4 is 15.4 Å². The number of carbonyl (C=O) groups is 1.